The van der Waals surface area contributed by atoms with Crippen molar-refractivity contribution < 1.29 is 9.84 Å². The fourth-order valence-corrected chi connectivity index (χ4v) is 2.61. The third-order valence-electron chi connectivity index (χ3n) is 4.45. The van der Waals surface area contributed by atoms with Crippen LogP contribution < -0.4 is 5.73 Å². The van der Waals surface area contributed by atoms with E-state index in [9.17, 15) is 5.11 Å². The van der Waals surface area contributed by atoms with Gasteiger partial charge in [-0.2, -0.15) is 0 Å². The van der Waals surface area contributed by atoms with E-state index >= 15 is 0 Å². The Bertz CT molecular complexity index is 231. The maximum Gasteiger partial charge on any atom is 0.0741 e. The largest absolute Gasteiger partial charge is 0.389 e. The van der Waals surface area contributed by atoms with Gasteiger partial charge in [0.15, 0.2) is 0 Å². The Balaban J connectivity index is 2.05. The SMILES string of the molecule is CC1CCC(OCCCCC(C)(O)CN)CC1C. The molecule has 0 aliphatic heterocycles. The molecule has 1 aliphatic rings. The molecule has 3 nitrogen and oxygen atoms in total. The van der Waals surface area contributed by atoms with Gasteiger partial charge in [0.2, 0.25) is 0 Å². The van der Waals surface area contributed by atoms with Crippen molar-refractivity contribution in [2.45, 2.75) is 71.0 Å². The fourth-order valence-electron chi connectivity index (χ4n) is 2.61. The second-order valence-electron chi connectivity index (χ2n) is 6.42. The molecule has 0 spiro atoms. The molecule has 18 heavy (non-hydrogen) atoms. The highest BCUT2D eigenvalue weighted by Crippen LogP contribution is 2.31. The molecule has 108 valence electrons. The van der Waals surface area contributed by atoms with Gasteiger partial charge in [-0.25, -0.2) is 0 Å². The summed E-state index contributed by atoms with van der Waals surface area (Å²) in [5, 5.41) is 9.77. The Kier molecular flexibility index (Phi) is 6.61. The van der Waals surface area contributed by atoms with E-state index in [0.29, 0.717) is 12.6 Å². The second-order valence-corrected chi connectivity index (χ2v) is 6.42. The smallest absolute Gasteiger partial charge is 0.0741 e. The minimum absolute atomic E-state index is 0.339. The van der Waals surface area contributed by atoms with Gasteiger partial charge in [-0.3, -0.25) is 0 Å². The molecular formula is C15H31NO2. The fraction of sp³-hybridized carbons (Fsp3) is 1.00. The molecule has 0 radical (unpaired) electrons. The van der Waals surface area contributed by atoms with Crippen LogP contribution in [0.25, 0.3) is 0 Å². The molecule has 4 atom stereocenters. The van der Waals surface area contributed by atoms with E-state index in [1.165, 1.54) is 19.3 Å². The molecule has 0 bridgehead atoms. The van der Waals surface area contributed by atoms with E-state index in [-0.39, 0.29) is 0 Å². The van der Waals surface area contributed by atoms with E-state index in [1.807, 2.05) is 0 Å². The molecule has 0 aromatic carbocycles. The van der Waals surface area contributed by atoms with Crippen LogP contribution in [0, 0.1) is 11.8 Å². The third kappa shape index (κ3) is 5.68. The van der Waals surface area contributed by atoms with Crippen LogP contribution in [-0.4, -0.2) is 30.0 Å². The average Bonchev–Trinajstić information content (AvgIpc) is 2.33. The normalized spacial score (nSPS) is 32.2. The lowest BCUT2D eigenvalue weighted by Gasteiger charge is -2.32. The first-order chi connectivity index (χ1) is 8.44. The first kappa shape index (κ1) is 15.9. The van der Waals surface area contributed by atoms with Gasteiger partial charge in [0.1, 0.15) is 0 Å². The van der Waals surface area contributed by atoms with Crippen molar-refractivity contribution in [3.8, 4) is 0 Å². The minimum Gasteiger partial charge on any atom is -0.389 e. The molecule has 1 rings (SSSR count). The molecule has 3 heteroatoms. The Labute approximate surface area is 112 Å². The van der Waals surface area contributed by atoms with Gasteiger partial charge in [0.25, 0.3) is 0 Å². The standard InChI is InChI=1S/C15H31NO2/c1-12-6-7-14(10-13(12)2)18-9-5-4-8-15(3,17)11-16/h12-14,17H,4-11,16H2,1-3H3. The van der Waals surface area contributed by atoms with Gasteiger partial charge in [-0.05, 0) is 57.3 Å². The minimum atomic E-state index is -0.700. The number of nitrogens with two attached hydrogens (primary N) is 1. The summed E-state index contributed by atoms with van der Waals surface area (Å²) in [5.41, 5.74) is 4.79. The predicted molar refractivity (Wildman–Crippen MR) is 75.4 cm³/mol. The second kappa shape index (κ2) is 7.46. The Hall–Kier alpha value is -0.120. The Morgan fingerprint density at radius 2 is 1.94 bits per heavy atom. The molecule has 0 heterocycles. The lowest BCUT2D eigenvalue weighted by molar-refractivity contribution is -0.00218. The summed E-state index contributed by atoms with van der Waals surface area (Å²) in [4.78, 5) is 0. The molecule has 0 aromatic heterocycles. The van der Waals surface area contributed by atoms with Crippen LogP contribution >= 0.6 is 0 Å². The number of aliphatic hydroxyl groups is 1. The number of hydrogen-bond donors (Lipinski definition) is 2. The molecule has 0 saturated heterocycles. The van der Waals surface area contributed by atoms with E-state index < -0.39 is 5.60 Å². The Morgan fingerprint density at radius 3 is 2.56 bits per heavy atom. The lowest BCUT2D eigenvalue weighted by atomic mass is 9.80. The van der Waals surface area contributed by atoms with Gasteiger partial charge in [-0.1, -0.05) is 13.8 Å². The predicted octanol–water partition coefficient (Wildman–Crippen LogP) is 2.71. The van der Waals surface area contributed by atoms with Crippen molar-refractivity contribution in [1.82, 2.24) is 0 Å². The molecule has 1 aliphatic carbocycles. The summed E-state index contributed by atoms with van der Waals surface area (Å²) >= 11 is 0. The quantitative estimate of drug-likeness (QED) is 0.689. The van der Waals surface area contributed by atoms with E-state index in [2.05, 4.69) is 13.8 Å². The van der Waals surface area contributed by atoms with E-state index in [1.54, 1.807) is 6.92 Å². The maximum absolute atomic E-state index is 9.77. The van der Waals surface area contributed by atoms with Crippen LogP contribution in [0.15, 0.2) is 0 Å². The summed E-state index contributed by atoms with van der Waals surface area (Å²) in [6, 6.07) is 0. The number of ether oxygens (including phenoxy) is 1. The first-order valence-electron chi connectivity index (χ1n) is 7.48. The third-order valence-corrected chi connectivity index (χ3v) is 4.45. The van der Waals surface area contributed by atoms with Gasteiger partial charge in [0.05, 0.1) is 11.7 Å². The van der Waals surface area contributed by atoms with Crippen LogP contribution in [0.3, 0.4) is 0 Å². The maximum atomic E-state index is 9.77. The molecular weight excluding hydrogens is 226 g/mol. The van der Waals surface area contributed by atoms with Crippen LogP contribution in [0.4, 0.5) is 0 Å². The molecule has 1 fully saturated rings. The monoisotopic (exact) mass is 257 g/mol. The van der Waals surface area contributed by atoms with Gasteiger partial charge < -0.3 is 15.6 Å². The van der Waals surface area contributed by atoms with Gasteiger partial charge >= 0.3 is 0 Å². The summed E-state index contributed by atoms with van der Waals surface area (Å²) in [7, 11) is 0. The zero-order valence-electron chi connectivity index (χ0n) is 12.3. The van der Waals surface area contributed by atoms with Gasteiger partial charge in [-0.15, -0.1) is 0 Å². The van der Waals surface area contributed by atoms with Crippen LogP contribution in [0.2, 0.25) is 0 Å². The zero-order valence-corrected chi connectivity index (χ0v) is 12.3. The molecule has 0 amide bonds. The summed E-state index contributed by atoms with van der Waals surface area (Å²) in [6.07, 6.45) is 6.97. The van der Waals surface area contributed by atoms with Gasteiger partial charge in [0, 0.05) is 13.2 Å². The van der Waals surface area contributed by atoms with Crippen molar-refractivity contribution in [3.05, 3.63) is 0 Å². The summed E-state index contributed by atoms with van der Waals surface area (Å²) in [6.45, 7) is 7.64. The Morgan fingerprint density at radius 1 is 1.22 bits per heavy atom. The summed E-state index contributed by atoms with van der Waals surface area (Å²) < 4.78 is 5.94. The lowest BCUT2D eigenvalue weighted by Crippen LogP contribution is -2.34. The number of hydrogen-bond acceptors (Lipinski definition) is 3. The summed E-state index contributed by atoms with van der Waals surface area (Å²) in [5.74, 6) is 1.64. The molecule has 4 unspecified atom stereocenters. The number of unbranched alkanes of at least 4 members (excludes halogenated alkanes) is 1. The van der Waals surface area contributed by atoms with Crippen molar-refractivity contribution in [2.24, 2.45) is 17.6 Å². The topological polar surface area (TPSA) is 55.5 Å². The highest BCUT2D eigenvalue weighted by Gasteiger charge is 2.24. The van der Waals surface area contributed by atoms with E-state index in [4.69, 9.17) is 10.5 Å². The molecule has 3 N–H and O–H groups in total. The van der Waals surface area contributed by atoms with Crippen molar-refractivity contribution in [2.75, 3.05) is 13.2 Å². The molecule has 0 aromatic rings. The molecule has 1 saturated carbocycles. The van der Waals surface area contributed by atoms with Crippen LogP contribution in [0.5, 0.6) is 0 Å². The first-order valence-corrected chi connectivity index (χ1v) is 7.48. The highest BCUT2D eigenvalue weighted by atomic mass is 16.5. The van der Waals surface area contributed by atoms with Crippen molar-refractivity contribution in [3.63, 3.8) is 0 Å². The average molecular weight is 257 g/mol. The highest BCUT2D eigenvalue weighted by molar-refractivity contribution is 4.76. The van der Waals surface area contributed by atoms with Crippen molar-refractivity contribution in [1.29, 1.82) is 0 Å². The van der Waals surface area contributed by atoms with Crippen LogP contribution in [0.1, 0.15) is 59.3 Å². The zero-order chi connectivity index (χ0) is 13.6. The van der Waals surface area contributed by atoms with E-state index in [0.717, 1.165) is 37.7 Å². The number of rotatable bonds is 7. The van der Waals surface area contributed by atoms with Crippen molar-refractivity contribution >= 4 is 0 Å². The van der Waals surface area contributed by atoms with Crippen LogP contribution in [-0.2, 0) is 4.74 Å².